The normalized spacial score (nSPS) is 15.9. The van der Waals surface area contributed by atoms with Crippen molar-refractivity contribution in [3.8, 4) is 0 Å². The SMILES string of the molecule is Cl.NCCCC(=O)NCC1(c2ccc(F)cc2)CCC1. The summed E-state index contributed by atoms with van der Waals surface area (Å²) in [6.07, 6.45) is 4.47. The average molecular weight is 301 g/mol. The van der Waals surface area contributed by atoms with Crippen molar-refractivity contribution in [2.45, 2.75) is 37.5 Å². The minimum absolute atomic E-state index is 0. The van der Waals surface area contributed by atoms with Gasteiger partial charge in [-0.2, -0.15) is 0 Å². The third kappa shape index (κ3) is 3.93. The van der Waals surface area contributed by atoms with Crippen LogP contribution in [0.15, 0.2) is 24.3 Å². The lowest BCUT2D eigenvalue weighted by molar-refractivity contribution is -0.121. The zero-order chi connectivity index (χ0) is 13.7. The molecule has 0 heterocycles. The summed E-state index contributed by atoms with van der Waals surface area (Å²) in [5, 5.41) is 2.99. The van der Waals surface area contributed by atoms with Gasteiger partial charge in [0.15, 0.2) is 0 Å². The maximum atomic E-state index is 13.0. The molecule has 0 spiro atoms. The van der Waals surface area contributed by atoms with Crippen molar-refractivity contribution in [2.24, 2.45) is 5.73 Å². The third-order valence-electron chi connectivity index (χ3n) is 4.00. The van der Waals surface area contributed by atoms with Crippen LogP contribution in [0.2, 0.25) is 0 Å². The molecule has 1 amide bonds. The molecule has 1 fully saturated rings. The number of hydrogen-bond donors (Lipinski definition) is 2. The second-order valence-electron chi connectivity index (χ2n) is 5.31. The van der Waals surface area contributed by atoms with Crippen molar-refractivity contribution < 1.29 is 9.18 Å². The van der Waals surface area contributed by atoms with E-state index < -0.39 is 0 Å². The lowest BCUT2D eigenvalue weighted by Gasteiger charge is -2.42. The Morgan fingerprint density at radius 2 is 1.95 bits per heavy atom. The van der Waals surface area contributed by atoms with Crippen LogP contribution in [-0.2, 0) is 10.2 Å². The molecule has 1 aliphatic rings. The van der Waals surface area contributed by atoms with Gasteiger partial charge in [0.05, 0.1) is 0 Å². The second-order valence-corrected chi connectivity index (χ2v) is 5.31. The number of hydrogen-bond acceptors (Lipinski definition) is 2. The highest BCUT2D eigenvalue weighted by Gasteiger charge is 2.38. The molecule has 2 rings (SSSR count). The van der Waals surface area contributed by atoms with Gasteiger partial charge in [0.1, 0.15) is 5.82 Å². The third-order valence-corrected chi connectivity index (χ3v) is 4.00. The predicted molar refractivity (Wildman–Crippen MR) is 80.5 cm³/mol. The van der Waals surface area contributed by atoms with Crippen molar-refractivity contribution in [2.75, 3.05) is 13.1 Å². The molecule has 0 aliphatic heterocycles. The number of halogens is 2. The monoisotopic (exact) mass is 300 g/mol. The highest BCUT2D eigenvalue weighted by molar-refractivity contribution is 5.85. The van der Waals surface area contributed by atoms with Crippen molar-refractivity contribution >= 4 is 18.3 Å². The predicted octanol–water partition coefficient (Wildman–Crippen LogP) is 2.52. The number of carbonyl (C=O) groups excluding carboxylic acids is 1. The molecule has 20 heavy (non-hydrogen) atoms. The first kappa shape index (κ1) is 16.9. The molecule has 0 aromatic heterocycles. The van der Waals surface area contributed by atoms with Crippen LogP contribution in [0.25, 0.3) is 0 Å². The molecule has 3 N–H and O–H groups in total. The average Bonchev–Trinajstić information content (AvgIpc) is 2.37. The fourth-order valence-corrected chi connectivity index (χ4v) is 2.59. The van der Waals surface area contributed by atoms with Gasteiger partial charge in [0.25, 0.3) is 0 Å². The minimum Gasteiger partial charge on any atom is -0.355 e. The van der Waals surface area contributed by atoms with E-state index in [2.05, 4.69) is 5.32 Å². The van der Waals surface area contributed by atoms with Gasteiger partial charge in [-0.1, -0.05) is 18.6 Å². The van der Waals surface area contributed by atoms with Gasteiger partial charge >= 0.3 is 0 Å². The highest BCUT2D eigenvalue weighted by Crippen LogP contribution is 2.43. The molecule has 0 bridgehead atoms. The van der Waals surface area contributed by atoms with Crippen molar-refractivity contribution in [1.82, 2.24) is 5.32 Å². The standard InChI is InChI=1S/C15H21FN2O.ClH/c16-13-6-4-12(5-7-13)15(8-2-9-15)11-18-14(19)3-1-10-17;/h4-7H,1-3,8-11,17H2,(H,18,19);1H. The van der Waals surface area contributed by atoms with Crippen molar-refractivity contribution in [1.29, 1.82) is 0 Å². The fraction of sp³-hybridized carbons (Fsp3) is 0.533. The molecule has 0 saturated heterocycles. The maximum absolute atomic E-state index is 13.0. The Hall–Kier alpha value is -1.13. The van der Waals surface area contributed by atoms with Gasteiger partial charge in [-0.05, 0) is 43.5 Å². The summed E-state index contributed by atoms with van der Waals surface area (Å²) in [5.41, 5.74) is 6.52. The molecule has 0 unspecified atom stereocenters. The van der Waals surface area contributed by atoms with Gasteiger partial charge in [-0.15, -0.1) is 12.4 Å². The highest BCUT2D eigenvalue weighted by atomic mass is 35.5. The quantitative estimate of drug-likeness (QED) is 0.848. The van der Waals surface area contributed by atoms with Crippen LogP contribution >= 0.6 is 12.4 Å². The molecular formula is C15H22ClFN2O. The summed E-state index contributed by atoms with van der Waals surface area (Å²) in [6.45, 7) is 1.18. The molecule has 1 aromatic rings. The minimum atomic E-state index is -0.217. The molecular weight excluding hydrogens is 279 g/mol. The first-order valence-corrected chi connectivity index (χ1v) is 6.89. The first-order chi connectivity index (χ1) is 9.16. The molecule has 1 saturated carbocycles. The lowest BCUT2D eigenvalue weighted by Crippen LogP contribution is -2.45. The smallest absolute Gasteiger partial charge is 0.220 e. The number of benzene rings is 1. The van der Waals surface area contributed by atoms with Gasteiger partial charge in [0, 0.05) is 18.4 Å². The number of carbonyl (C=O) groups is 1. The zero-order valence-electron chi connectivity index (χ0n) is 11.5. The molecule has 3 nitrogen and oxygen atoms in total. The lowest BCUT2D eigenvalue weighted by atomic mass is 9.64. The van der Waals surface area contributed by atoms with Gasteiger partial charge in [-0.3, -0.25) is 4.79 Å². The van der Waals surface area contributed by atoms with Crippen LogP contribution in [-0.4, -0.2) is 19.0 Å². The summed E-state index contributed by atoms with van der Waals surface area (Å²) >= 11 is 0. The summed E-state index contributed by atoms with van der Waals surface area (Å²) < 4.78 is 13.0. The Balaban J connectivity index is 0.00000200. The molecule has 1 aromatic carbocycles. The van der Waals surface area contributed by atoms with Crippen LogP contribution < -0.4 is 11.1 Å². The van der Waals surface area contributed by atoms with Crippen LogP contribution in [0.3, 0.4) is 0 Å². The van der Waals surface area contributed by atoms with Gasteiger partial charge in [-0.25, -0.2) is 4.39 Å². The number of amides is 1. The van der Waals surface area contributed by atoms with E-state index in [9.17, 15) is 9.18 Å². The Morgan fingerprint density at radius 1 is 1.30 bits per heavy atom. The van der Waals surface area contributed by atoms with E-state index >= 15 is 0 Å². The van der Waals surface area contributed by atoms with E-state index in [1.54, 1.807) is 0 Å². The Labute approximate surface area is 125 Å². The van der Waals surface area contributed by atoms with Gasteiger partial charge < -0.3 is 11.1 Å². The maximum Gasteiger partial charge on any atom is 0.220 e. The van der Waals surface area contributed by atoms with Crippen LogP contribution in [0.5, 0.6) is 0 Å². The fourth-order valence-electron chi connectivity index (χ4n) is 2.59. The van der Waals surface area contributed by atoms with E-state index in [1.165, 1.54) is 12.1 Å². The Bertz CT molecular complexity index is 432. The topological polar surface area (TPSA) is 55.1 Å². The van der Waals surface area contributed by atoms with Crippen LogP contribution in [0, 0.1) is 5.82 Å². The Morgan fingerprint density at radius 3 is 2.45 bits per heavy atom. The van der Waals surface area contributed by atoms with Crippen molar-refractivity contribution in [3.05, 3.63) is 35.6 Å². The van der Waals surface area contributed by atoms with E-state index in [-0.39, 0.29) is 29.5 Å². The van der Waals surface area contributed by atoms with Gasteiger partial charge in [0.2, 0.25) is 5.91 Å². The molecule has 112 valence electrons. The van der Waals surface area contributed by atoms with Crippen molar-refractivity contribution in [3.63, 3.8) is 0 Å². The Kier molecular flexibility index (Phi) is 6.43. The number of nitrogens with one attached hydrogen (secondary N) is 1. The summed E-state index contributed by atoms with van der Waals surface area (Å²) in [4.78, 5) is 11.6. The molecule has 0 radical (unpaired) electrons. The summed E-state index contributed by atoms with van der Waals surface area (Å²) in [5.74, 6) is -0.163. The van der Waals surface area contributed by atoms with E-state index in [1.807, 2.05) is 12.1 Å². The van der Waals surface area contributed by atoms with Crippen LogP contribution in [0.4, 0.5) is 4.39 Å². The zero-order valence-corrected chi connectivity index (χ0v) is 12.3. The number of rotatable bonds is 6. The van der Waals surface area contributed by atoms with Crippen LogP contribution in [0.1, 0.15) is 37.7 Å². The largest absolute Gasteiger partial charge is 0.355 e. The summed E-state index contributed by atoms with van der Waals surface area (Å²) in [7, 11) is 0. The molecule has 0 atom stereocenters. The molecule has 1 aliphatic carbocycles. The van der Waals surface area contributed by atoms with E-state index in [4.69, 9.17) is 5.73 Å². The molecule has 5 heteroatoms. The van der Waals surface area contributed by atoms with E-state index in [0.717, 1.165) is 31.2 Å². The summed E-state index contributed by atoms with van der Waals surface area (Å²) in [6, 6.07) is 6.65. The second kappa shape index (κ2) is 7.60. The first-order valence-electron chi connectivity index (χ1n) is 6.89. The number of nitrogens with two attached hydrogens (primary N) is 1. The van der Waals surface area contributed by atoms with E-state index in [0.29, 0.717) is 19.5 Å².